The van der Waals surface area contributed by atoms with E-state index in [4.69, 9.17) is 0 Å². The molecule has 1 aromatic carbocycles. The first kappa shape index (κ1) is 15.8. The number of nitrogens with zero attached hydrogens (tertiary/aromatic N) is 2. The van der Waals surface area contributed by atoms with Gasteiger partial charge in [-0.25, -0.2) is 0 Å². The summed E-state index contributed by atoms with van der Waals surface area (Å²) in [6.07, 6.45) is 2.13. The van der Waals surface area contributed by atoms with E-state index < -0.39 is 0 Å². The smallest absolute Gasteiger partial charge is 0.254 e. The van der Waals surface area contributed by atoms with E-state index in [9.17, 15) is 4.79 Å². The number of rotatable bonds is 4. The summed E-state index contributed by atoms with van der Waals surface area (Å²) in [5, 5.41) is 3.28. The molecule has 4 heteroatoms. The fraction of sp³-hybridized carbons (Fsp3) is 0.588. The molecule has 0 radical (unpaired) electrons. The molecule has 4 nitrogen and oxygen atoms in total. The van der Waals surface area contributed by atoms with Crippen LogP contribution < -0.4 is 5.32 Å². The summed E-state index contributed by atoms with van der Waals surface area (Å²) in [6.45, 7) is 7.11. The van der Waals surface area contributed by atoms with Crippen LogP contribution >= 0.6 is 0 Å². The van der Waals surface area contributed by atoms with E-state index >= 15 is 0 Å². The van der Waals surface area contributed by atoms with E-state index in [1.807, 2.05) is 31.0 Å². The largest absolute Gasteiger partial charge is 0.385 e. The lowest BCUT2D eigenvalue weighted by atomic mass is 10.0. The Morgan fingerprint density at radius 2 is 2.05 bits per heavy atom. The molecule has 21 heavy (non-hydrogen) atoms. The molecule has 0 spiro atoms. The van der Waals surface area contributed by atoms with E-state index in [2.05, 4.69) is 30.3 Å². The lowest BCUT2D eigenvalue weighted by molar-refractivity contribution is 0.0659. The fourth-order valence-electron chi connectivity index (χ4n) is 2.96. The van der Waals surface area contributed by atoms with Crippen molar-refractivity contribution in [2.45, 2.75) is 32.7 Å². The topological polar surface area (TPSA) is 35.6 Å². The molecule has 1 N–H and O–H groups in total. The highest BCUT2D eigenvalue weighted by Gasteiger charge is 2.25. The molecule has 0 saturated carbocycles. The Bertz CT molecular complexity index is 493. The quantitative estimate of drug-likeness (QED) is 0.925. The van der Waals surface area contributed by atoms with Crippen LogP contribution in [0.1, 0.15) is 35.7 Å². The molecule has 1 aliphatic rings. The first-order valence-corrected chi connectivity index (χ1v) is 7.83. The summed E-state index contributed by atoms with van der Waals surface area (Å²) in [5.74, 6) is 0.144. The molecule has 116 valence electrons. The molecule has 1 fully saturated rings. The average Bonchev–Trinajstić information content (AvgIpc) is 2.47. The fourth-order valence-corrected chi connectivity index (χ4v) is 2.96. The van der Waals surface area contributed by atoms with Crippen molar-refractivity contribution < 1.29 is 4.79 Å². The maximum atomic E-state index is 12.7. The van der Waals surface area contributed by atoms with Crippen molar-refractivity contribution >= 4 is 11.6 Å². The summed E-state index contributed by atoms with van der Waals surface area (Å²) in [7, 11) is 4.08. The standard InChI is InChI=1S/C17H27N3O/c1-5-18-14-6-7-16(13(2)12-14)17(21)20(4)15-8-10-19(3)11-9-15/h6-7,12,15,18H,5,8-11H2,1-4H3. The monoisotopic (exact) mass is 289 g/mol. The van der Waals surface area contributed by atoms with Crippen molar-refractivity contribution in [3.8, 4) is 0 Å². The number of hydrogen-bond acceptors (Lipinski definition) is 3. The molecule has 0 aromatic heterocycles. The third kappa shape index (κ3) is 3.76. The van der Waals surface area contributed by atoms with Gasteiger partial charge >= 0.3 is 0 Å². The van der Waals surface area contributed by atoms with Crippen LogP contribution in [-0.4, -0.2) is 55.5 Å². The number of carbonyl (C=O) groups is 1. The molecular weight excluding hydrogens is 262 g/mol. The van der Waals surface area contributed by atoms with Gasteiger partial charge in [-0.2, -0.15) is 0 Å². The molecule has 0 bridgehead atoms. The van der Waals surface area contributed by atoms with Gasteiger partial charge in [0.2, 0.25) is 0 Å². The maximum Gasteiger partial charge on any atom is 0.254 e. The van der Waals surface area contributed by atoms with Crippen molar-refractivity contribution in [1.82, 2.24) is 9.80 Å². The van der Waals surface area contributed by atoms with Crippen LogP contribution in [0.2, 0.25) is 0 Å². The van der Waals surface area contributed by atoms with Crippen molar-refractivity contribution in [2.75, 3.05) is 39.0 Å². The summed E-state index contributed by atoms with van der Waals surface area (Å²) in [4.78, 5) is 17.0. The van der Waals surface area contributed by atoms with Crippen LogP contribution in [0.15, 0.2) is 18.2 Å². The van der Waals surface area contributed by atoms with Crippen LogP contribution in [0, 0.1) is 6.92 Å². The second-order valence-electron chi connectivity index (χ2n) is 6.01. The second-order valence-corrected chi connectivity index (χ2v) is 6.01. The van der Waals surface area contributed by atoms with E-state index in [0.717, 1.165) is 49.3 Å². The van der Waals surface area contributed by atoms with Gasteiger partial charge in [-0.05, 0) is 70.6 Å². The van der Waals surface area contributed by atoms with Crippen LogP contribution in [-0.2, 0) is 0 Å². The number of anilines is 1. The lowest BCUT2D eigenvalue weighted by Crippen LogP contribution is -2.44. The normalized spacial score (nSPS) is 16.8. The molecule has 2 rings (SSSR count). The SMILES string of the molecule is CCNc1ccc(C(=O)N(C)C2CCN(C)CC2)c(C)c1. The minimum absolute atomic E-state index is 0.144. The number of benzene rings is 1. The van der Waals surface area contributed by atoms with Gasteiger partial charge in [0.15, 0.2) is 0 Å². The number of likely N-dealkylation sites (tertiary alicyclic amines) is 1. The molecular formula is C17H27N3O. The van der Waals surface area contributed by atoms with Gasteiger partial charge in [-0.3, -0.25) is 4.79 Å². The number of hydrogen-bond donors (Lipinski definition) is 1. The first-order valence-electron chi connectivity index (χ1n) is 7.83. The highest BCUT2D eigenvalue weighted by atomic mass is 16.2. The number of amides is 1. The molecule has 1 aliphatic heterocycles. The summed E-state index contributed by atoms with van der Waals surface area (Å²) in [5.41, 5.74) is 2.94. The molecule has 1 heterocycles. The third-order valence-electron chi connectivity index (χ3n) is 4.39. The third-order valence-corrected chi connectivity index (χ3v) is 4.39. The molecule has 0 atom stereocenters. The van der Waals surface area contributed by atoms with Gasteiger partial charge in [0.25, 0.3) is 5.91 Å². The molecule has 1 aromatic rings. The second kappa shape index (κ2) is 6.94. The first-order chi connectivity index (χ1) is 10.0. The number of aryl methyl sites for hydroxylation is 1. The van der Waals surface area contributed by atoms with Crippen LogP contribution in [0.25, 0.3) is 0 Å². The summed E-state index contributed by atoms with van der Waals surface area (Å²) >= 11 is 0. The Hall–Kier alpha value is -1.55. The van der Waals surface area contributed by atoms with E-state index in [-0.39, 0.29) is 5.91 Å². The van der Waals surface area contributed by atoms with Crippen LogP contribution in [0.4, 0.5) is 5.69 Å². The minimum Gasteiger partial charge on any atom is -0.385 e. The zero-order valence-electron chi connectivity index (χ0n) is 13.6. The Labute approximate surface area is 128 Å². The van der Waals surface area contributed by atoms with Crippen molar-refractivity contribution in [1.29, 1.82) is 0 Å². The van der Waals surface area contributed by atoms with Gasteiger partial charge in [0, 0.05) is 30.9 Å². The zero-order chi connectivity index (χ0) is 15.4. The van der Waals surface area contributed by atoms with Crippen LogP contribution in [0.5, 0.6) is 0 Å². The van der Waals surface area contributed by atoms with Gasteiger partial charge in [-0.15, -0.1) is 0 Å². The number of carbonyl (C=O) groups excluding carboxylic acids is 1. The van der Waals surface area contributed by atoms with Gasteiger partial charge in [0.05, 0.1) is 0 Å². The molecule has 1 amide bonds. The average molecular weight is 289 g/mol. The zero-order valence-corrected chi connectivity index (χ0v) is 13.6. The summed E-state index contributed by atoms with van der Waals surface area (Å²) < 4.78 is 0. The van der Waals surface area contributed by atoms with Gasteiger partial charge in [0.1, 0.15) is 0 Å². The highest BCUT2D eigenvalue weighted by molar-refractivity contribution is 5.96. The molecule has 0 aliphatic carbocycles. The van der Waals surface area contributed by atoms with Crippen molar-refractivity contribution in [2.24, 2.45) is 0 Å². The Balaban J connectivity index is 2.08. The molecule has 0 unspecified atom stereocenters. The van der Waals surface area contributed by atoms with Crippen LogP contribution in [0.3, 0.4) is 0 Å². The molecule has 1 saturated heterocycles. The Kier molecular flexibility index (Phi) is 5.23. The Morgan fingerprint density at radius 1 is 1.38 bits per heavy atom. The van der Waals surface area contributed by atoms with Crippen molar-refractivity contribution in [3.05, 3.63) is 29.3 Å². The highest BCUT2D eigenvalue weighted by Crippen LogP contribution is 2.20. The van der Waals surface area contributed by atoms with Gasteiger partial charge < -0.3 is 15.1 Å². The van der Waals surface area contributed by atoms with Gasteiger partial charge in [-0.1, -0.05) is 0 Å². The number of piperidine rings is 1. The maximum absolute atomic E-state index is 12.7. The van der Waals surface area contributed by atoms with E-state index in [1.165, 1.54) is 0 Å². The predicted octanol–water partition coefficient (Wildman–Crippen LogP) is 2.59. The van der Waals surface area contributed by atoms with Crippen molar-refractivity contribution in [3.63, 3.8) is 0 Å². The minimum atomic E-state index is 0.144. The number of nitrogens with one attached hydrogen (secondary N) is 1. The predicted molar refractivity (Wildman–Crippen MR) is 88.0 cm³/mol. The summed E-state index contributed by atoms with van der Waals surface area (Å²) in [6, 6.07) is 6.36. The lowest BCUT2D eigenvalue weighted by Gasteiger charge is -2.35. The Morgan fingerprint density at radius 3 is 2.62 bits per heavy atom. The van der Waals surface area contributed by atoms with E-state index in [1.54, 1.807) is 0 Å². The van der Waals surface area contributed by atoms with E-state index in [0.29, 0.717) is 6.04 Å².